The van der Waals surface area contributed by atoms with Crippen molar-refractivity contribution in [1.29, 1.82) is 0 Å². The normalized spacial score (nSPS) is 24.0. The zero-order chi connectivity index (χ0) is 30.0. The molecule has 2 aromatic rings. The average Bonchev–Trinajstić information content (AvgIpc) is 3.51. The van der Waals surface area contributed by atoms with Crippen LogP contribution < -0.4 is 5.63 Å². The molecule has 0 radical (unpaired) electrons. The third-order valence-corrected chi connectivity index (χ3v) is 19.0. The van der Waals surface area contributed by atoms with E-state index in [-0.39, 0.29) is 18.8 Å². The summed E-state index contributed by atoms with van der Waals surface area (Å²) in [5.41, 5.74) is 5.26. The van der Waals surface area contributed by atoms with Crippen molar-refractivity contribution in [2.45, 2.75) is 58.1 Å². The van der Waals surface area contributed by atoms with E-state index in [0.29, 0.717) is 0 Å². The van der Waals surface area contributed by atoms with Crippen molar-refractivity contribution in [3.8, 4) is 11.5 Å². The SMILES string of the molecule is FC(F)(F)c1ccc([O][Zr]2([O]c3ccc(C(F)(F)F)cc3)[CH]3C(=CC4=CCCC=C43)CCC3=CC4=CCCC=C4[CH]32)cc1. The maximum absolute atomic E-state index is 13.5. The predicted molar refractivity (Wildman–Crippen MR) is 148 cm³/mol. The van der Waals surface area contributed by atoms with Gasteiger partial charge in [-0.3, -0.25) is 0 Å². The summed E-state index contributed by atoms with van der Waals surface area (Å²) in [5, 5.41) is 0. The molecule has 9 heteroatoms. The van der Waals surface area contributed by atoms with Gasteiger partial charge >= 0.3 is 252 Å². The van der Waals surface area contributed by atoms with Crippen LogP contribution in [0.2, 0.25) is 7.25 Å². The van der Waals surface area contributed by atoms with Gasteiger partial charge in [0.25, 0.3) is 0 Å². The molecule has 1 fully saturated rings. The number of halogens is 6. The predicted octanol–water partition coefficient (Wildman–Crippen LogP) is 10.7. The molecule has 0 amide bonds. The second-order valence-corrected chi connectivity index (χ2v) is 19.0. The number of fused-ring (bicyclic) bond motifs is 6. The van der Waals surface area contributed by atoms with Crippen LogP contribution >= 0.6 is 0 Å². The van der Waals surface area contributed by atoms with Gasteiger partial charge < -0.3 is 0 Å². The molecular weight excluding hydrogens is 646 g/mol. The quantitative estimate of drug-likeness (QED) is 0.301. The van der Waals surface area contributed by atoms with Gasteiger partial charge in [0.1, 0.15) is 0 Å². The number of rotatable bonds is 4. The van der Waals surface area contributed by atoms with E-state index in [1.165, 1.54) is 35.4 Å². The zero-order valence-corrected chi connectivity index (χ0v) is 25.5. The number of allylic oxidation sites excluding steroid dienone is 12. The topological polar surface area (TPSA) is 18.5 Å². The molecule has 2 nitrogen and oxygen atoms in total. The minimum absolute atomic E-state index is 0.219. The van der Waals surface area contributed by atoms with E-state index >= 15 is 0 Å². The first kappa shape index (κ1) is 28.7. The summed E-state index contributed by atoms with van der Waals surface area (Å²) < 4.78 is 94.5. The Bertz CT molecular complexity index is 1510. The van der Waals surface area contributed by atoms with Crippen molar-refractivity contribution in [3.05, 3.63) is 130 Å². The first-order valence-electron chi connectivity index (χ1n) is 14.5. The second-order valence-electron chi connectivity index (χ2n) is 11.6. The molecule has 0 spiro atoms. The van der Waals surface area contributed by atoms with Crippen molar-refractivity contribution in [1.82, 2.24) is 0 Å². The van der Waals surface area contributed by atoms with Gasteiger partial charge in [0.15, 0.2) is 0 Å². The van der Waals surface area contributed by atoms with Gasteiger partial charge in [0, 0.05) is 0 Å². The molecular formula is C34H28F6O2Zr. The third kappa shape index (κ3) is 5.11. The van der Waals surface area contributed by atoms with Crippen LogP contribution in [-0.4, -0.2) is 0 Å². The summed E-state index contributed by atoms with van der Waals surface area (Å²) in [7, 11) is 0. The molecule has 43 heavy (non-hydrogen) atoms. The maximum atomic E-state index is 13.5. The molecule has 5 aliphatic rings. The summed E-state index contributed by atoms with van der Waals surface area (Å²) in [6.07, 6.45) is 9.36. The second kappa shape index (κ2) is 10.5. The Morgan fingerprint density at radius 2 is 0.907 bits per heavy atom. The summed E-state index contributed by atoms with van der Waals surface area (Å²) in [6.45, 7) is 0. The van der Waals surface area contributed by atoms with Crippen molar-refractivity contribution >= 4 is 0 Å². The molecule has 222 valence electrons. The van der Waals surface area contributed by atoms with E-state index in [1.807, 2.05) is 0 Å². The van der Waals surface area contributed by atoms with Gasteiger partial charge in [0.05, 0.1) is 0 Å². The van der Waals surface area contributed by atoms with Gasteiger partial charge in [-0.2, -0.15) is 0 Å². The summed E-state index contributed by atoms with van der Waals surface area (Å²) in [4.78, 5) is 0. The van der Waals surface area contributed by atoms with E-state index in [0.717, 1.165) is 85.1 Å². The van der Waals surface area contributed by atoms with E-state index in [1.54, 1.807) is 0 Å². The van der Waals surface area contributed by atoms with E-state index in [4.69, 9.17) is 5.63 Å². The molecule has 0 aromatic heterocycles. The van der Waals surface area contributed by atoms with Crippen LogP contribution in [-0.2, 0) is 33.5 Å². The Hall–Kier alpha value is -3.06. The van der Waals surface area contributed by atoms with Gasteiger partial charge in [-0.25, -0.2) is 0 Å². The Labute approximate surface area is 251 Å². The van der Waals surface area contributed by atoms with Crippen LogP contribution in [0, 0.1) is 0 Å². The summed E-state index contributed by atoms with van der Waals surface area (Å²) in [5.74, 6) is 0.554. The Balaban J connectivity index is 1.43. The first-order chi connectivity index (χ1) is 20.5. The molecule has 1 saturated heterocycles. The fourth-order valence-electron chi connectivity index (χ4n) is 7.13. The molecule has 0 saturated carbocycles. The minimum atomic E-state index is -4.87. The average molecular weight is 674 g/mol. The van der Waals surface area contributed by atoms with Crippen LogP contribution in [0.4, 0.5) is 26.3 Å². The standard InChI is InChI=1S/C20H20.2C7H5F3O.Zr/c1-2-6-18-12-15(11-17(18)5-1)9-10-16-13-19-7-3-4-8-20(19)14-16;2*8-7(9,10)5-1-3-6(11)4-2-5;/h5-8,11-14H,1-4,9-10H2;2*1-4,11H;/q;;;+2/p-2. The number of hydrogen-bond donors (Lipinski definition) is 0. The fourth-order valence-corrected chi connectivity index (χ4v) is 18.9. The number of hydrogen-bond acceptors (Lipinski definition) is 2. The third-order valence-electron chi connectivity index (χ3n) is 8.93. The molecule has 7 rings (SSSR count). The molecule has 1 heterocycles. The van der Waals surface area contributed by atoms with Crippen molar-refractivity contribution in [2.75, 3.05) is 0 Å². The van der Waals surface area contributed by atoms with Gasteiger partial charge in [-0.1, -0.05) is 0 Å². The fraction of sp³-hybridized carbons (Fsp3) is 0.294. The Kier molecular flexibility index (Phi) is 7.03. The van der Waals surface area contributed by atoms with Crippen molar-refractivity contribution in [2.24, 2.45) is 0 Å². The molecule has 2 unspecified atom stereocenters. The van der Waals surface area contributed by atoms with E-state index in [2.05, 4.69) is 36.5 Å². The summed E-state index contributed by atoms with van der Waals surface area (Å²) in [6, 6.07) is 9.42. The number of benzene rings is 2. The summed E-state index contributed by atoms with van der Waals surface area (Å²) >= 11 is -4.87. The van der Waals surface area contributed by atoms with Gasteiger partial charge in [-0.05, 0) is 0 Å². The molecule has 2 atom stereocenters. The molecule has 4 aliphatic carbocycles. The molecule has 0 bridgehead atoms. The van der Waals surface area contributed by atoms with Gasteiger partial charge in [0.2, 0.25) is 0 Å². The molecule has 2 aromatic carbocycles. The van der Waals surface area contributed by atoms with Crippen LogP contribution in [0.25, 0.3) is 0 Å². The first-order valence-corrected chi connectivity index (χ1v) is 19.3. The van der Waals surface area contributed by atoms with Crippen LogP contribution in [0.3, 0.4) is 0 Å². The monoisotopic (exact) mass is 672 g/mol. The van der Waals surface area contributed by atoms with Crippen LogP contribution in [0.15, 0.2) is 118 Å². The van der Waals surface area contributed by atoms with Crippen LogP contribution in [0.1, 0.15) is 49.7 Å². The van der Waals surface area contributed by atoms with E-state index < -0.39 is 44.6 Å². The zero-order valence-electron chi connectivity index (χ0n) is 23.1. The van der Waals surface area contributed by atoms with E-state index in [9.17, 15) is 26.3 Å². The molecule has 0 N–H and O–H groups in total. The van der Waals surface area contributed by atoms with Crippen LogP contribution in [0.5, 0.6) is 11.5 Å². The van der Waals surface area contributed by atoms with Crippen molar-refractivity contribution < 1.29 is 53.1 Å². The Morgan fingerprint density at radius 3 is 1.28 bits per heavy atom. The molecule has 1 aliphatic heterocycles. The van der Waals surface area contributed by atoms with Gasteiger partial charge in [-0.15, -0.1) is 0 Å². The number of alkyl halides is 6. The Morgan fingerprint density at radius 1 is 0.535 bits per heavy atom. The van der Waals surface area contributed by atoms with Crippen molar-refractivity contribution in [3.63, 3.8) is 0 Å².